The van der Waals surface area contributed by atoms with Gasteiger partial charge in [0.15, 0.2) is 0 Å². The molecule has 0 aromatic carbocycles. The van der Waals surface area contributed by atoms with Crippen LogP contribution in [0, 0.1) is 6.92 Å². The first kappa shape index (κ1) is 13.5. The zero-order chi connectivity index (χ0) is 13.2. The summed E-state index contributed by atoms with van der Waals surface area (Å²) in [6.45, 7) is 12.0. The van der Waals surface area contributed by atoms with Crippen molar-refractivity contribution in [1.82, 2.24) is 15.2 Å². The first-order chi connectivity index (χ1) is 8.52. The number of nitrogens with zero attached hydrogens (tertiary/aromatic N) is 2. The summed E-state index contributed by atoms with van der Waals surface area (Å²) in [4.78, 5) is 7.16. The van der Waals surface area contributed by atoms with Crippen LogP contribution in [0.5, 0.6) is 0 Å². The lowest BCUT2D eigenvalue weighted by molar-refractivity contribution is 0.0854. The van der Waals surface area contributed by atoms with Gasteiger partial charge in [0, 0.05) is 36.9 Å². The van der Waals surface area contributed by atoms with Gasteiger partial charge >= 0.3 is 0 Å². The van der Waals surface area contributed by atoms with Gasteiger partial charge in [0.25, 0.3) is 0 Å². The molecule has 1 fully saturated rings. The molecule has 1 aliphatic rings. The molecule has 3 nitrogen and oxygen atoms in total. The van der Waals surface area contributed by atoms with E-state index in [4.69, 9.17) is 0 Å². The fraction of sp³-hybridized carbons (Fsp3) is 0.667. The van der Waals surface area contributed by atoms with Crippen molar-refractivity contribution in [3.05, 3.63) is 29.6 Å². The fourth-order valence-electron chi connectivity index (χ4n) is 2.53. The Kier molecular flexibility index (Phi) is 4.03. The van der Waals surface area contributed by atoms with Gasteiger partial charge in [0.05, 0.1) is 5.69 Å². The summed E-state index contributed by atoms with van der Waals surface area (Å²) >= 11 is 0. The molecule has 100 valence electrons. The Morgan fingerprint density at radius 1 is 1.50 bits per heavy atom. The van der Waals surface area contributed by atoms with E-state index in [2.05, 4.69) is 61.1 Å². The highest BCUT2D eigenvalue weighted by Crippen LogP contribution is 2.20. The van der Waals surface area contributed by atoms with Crippen molar-refractivity contribution < 1.29 is 0 Å². The molecule has 1 saturated heterocycles. The van der Waals surface area contributed by atoms with Crippen LogP contribution >= 0.6 is 0 Å². The average molecular weight is 247 g/mol. The number of aryl methyl sites for hydroxylation is 1. The molecule has 0 saturated carbocycles. The van der Waals surface area contributed by atoms with Crippen molar-refractivity contribution in [2.45, 2.75) is 52.2 Å². The zero-order valence-electron chi connectivity index (χ0n) is 12.0. The average Bonchev–Trinajstić information content (AvgIpc) is 2.34. The van der Waals surface area contributed by atoms with E-state index < -0.39 is 0 Å². The lowest BCUT2D eigenvalue weighted by Crippen LogP contribution is -2.61. The van der Waals surface area contributed by atoms with Crippen molar-refractivity contribution in [3.63, 3.8) is 0 Å². The van der Waals surface area contributed by atoms with E-state index in [1.165, 1.54) is 5.69 Å². The van der Waals surface area contributed by atoms with Crippen LogP contribution in [0.15, 0.2) is 18.2 Å². The summed E-state index contributed by atoms with van der Waals surface area (Å²) in [6, 6.07) is 6.86. The molecule has 0 aliphatic carbocycles. The predicted octanol–water partition coefficient (Wildman–Crippen LogP) is 2.35. The molecule has 2 unspecified atom stereocenters. The lowest BCUT2D eigenvalue weighted by Gasteiger charge is -2.44. The van der Waals surface area contributed by atoms with Crippen molar-refractivity contribution in [2.24, 2.45) is 0 Å². The number of rotatable bonds is 3. The summed E-state index contributed by atoms with van der Waals surface area (Å²) in [5.74, 6) is 0. The molecule has 0 bridgehead atoms. The first-order valence-corrected chi connectivity index (χ1v) is 6.94. The van der Waals surface area contributed by atoms with Gasteiger partial charge in [-0.15, -0.1) is 0 Å². The Bertz CT molecular complexity index is 404. The second-order valence-electron chi connectivity index (χ2n) is 5.82. The third kappa shape index (κ3) is 3.09. The molecular formula is C15H25N3. The van der Waals surface area contributed by atoms with E-state index in [-0.39, 0.29) is 5.54 Å². The van der Waals surface area contributed by atoms with Crippen LogP contribution in [0.3, 0.4) is 0 Å². The topological polar surface area (TPSA) is 28.2 Å². The van der Waals surface area contributed by atoms with Gasteiger partial charge in [-0.2, -0.15) is 0 Å². The van der Waals surface area contributed by atoms with Crippen LogP contribution in [-0.2, 0) is 6.54 Å². The van der Waals surface area contributed by atoms with Crippen molar-refractivity contribution in [1.29, 1.82) is 0 Å². The van der Waals surface area contributed by atoms with Gasteiger partial charge in [-0.3, -0.25) is 9.88 Å². The maximum absolute atomic E-state index is 4.61. The van der Waals surface area contributed by atoms with Crippen LogP contribution in [-0.4, -0.2) is 34.6 Å². The van der Waals surface area contributed by atoms with Crippen molar-refractivity contribution >= 4 is 0 Å². The molecule has 1 aliphatic heterocycles. The van der Waals surface area contributed by atoms with Crippen LogP contribution in [0.4, 0.5) is 0 Å². The van der Waals surface area contributed by atoms with Gasteiger partial charge in [-0.25, -0.2) is 0 Å². The van der Waals surface area contributed by atoms with E-state index in [9.17, 15) is 0 Å². The summed E-state index contributed by atoms with van der Waals surface area (Å²) in [5.41, 5.74) is 2.53. The number of nitrogens with one attached hydrogen (secondary N) is 1. The minimum atomic E-state index is 0.246. The van der Waals surface area contributed by atoms with Gasteiger partial charge in [-0.05, 0) is 39.3 Å². The van der Waals surface area contributed by atoms with Crippen molar-refractivity contribution in [3.8, 4) is 0 Å². The van der Waals surface area contributed by atoms with Crippen molar-refractivity contribution in [2.75, 3.05) is 13.1 Å². The summed E-state index contributed by atoms with van der Waals surface area (Å²) < 4.78 is 0. The Hall–Kier alpha value is -0.930. The molecule has 0 amide bonds. The summed E-state index contributed by atoms with van der Waals surface area (Å²) in [5, 5.41) is 3.66. The van der Waals surface area contributed by atoms with Gasteiger partial charge in [-0.1, -0.05) is 13.0 Å². The first-order valence-electron chi connectivity index (χ1n) is 6.94. The SMILES string of the molecule is CCC1(C)CN(Cc2cccc(C)n2)C(C)CN1. The number of piperazine rings is 1. The minimum absolute atomic E-state index is 0.246. The van der Waals surface area contributed by atoms with E-state index in [0.717, 1.165) is 31.7 Å². The molecule has 2 atom stereocenters. The molecule has 2 rings (SSSR count). The van der Waals surface area contributed by atoms with Gasteiger partial charge in [0.1, 0.15) is 0 Å². The second-order valence-corrected chi connectivity index (χ2v) is 5.82. The monoisotopic (exact) mass is 247 g/mol. The van der Waals surface area contributed by atoms with E-state index >= 15 is 0 Å². The van der Waals surface area contributed by atoms with E-state index in [1.807, 2.05) is 0 Å². The molecule has 18 heavy (non-hydrogen) atoms. The van der Waals surface area contributed by atoms with E-state index in [1.54, 1.807) is 0 Å². The number of aromatic nitrogens is 1. The molecule has 2 heterocycles. The van der Waals surface area contributed by atoms with Crippen LogP contribution in [0.1, 0.15) is 38.6 Å². The van der Waals surface area contributed by atoms with Gasteiger partial charge < -0.3 is 5.32 Å². The molecule has 0 radical (unpaired) electrons. The third-order valence-corrected chi connectivity index (χ3v) is 4.09. The predicted molar refractivity (Wildman–Crippen MR) is 75.5 cm³/mol. The Morgan fingerprint density at radius 2 is 2.28 bits per heavy atom. The normalized spacial score (nSPS) is 29.4. The molecular weight excluding hydrogens is 222 g/mol. The third-order valence-electron chi connectivity index (χ3n) is 4.09. The zero-order valence-corrected chi connectivity index (χ0v) is 12.0. The Labute approximate surface area is 111 Å². The molecule has 0 spiro atoms. The largest absolute Gasteiger partial charge is 0.309 e. The highest BCUT2D eigenvalue weighted by Gasteiger charge is 2.32. The maximum Gasteiger partial charge on any atom is 0.0547 e. The molecule has 1 aromatic rings. The second kappa shape index (κ2) is 5.37. The molecule has 1 aromatic heterocycles. The standard InChI is InChI=1S/C15H25N3/c1-5-15(4)11-18(13(3)9-16-15)10-14-8-6-7-12(2)17-14/h6-8,13,16H,5,9-11H2,1-4H3. The maximum atomic E-state index is 4.61. The molecule has 3 heteroatoms. The fourth-order valence-corrected chi connectivity index (χ4v) is 2.53. The van der Waals surface area contributed by atoms with E-state index in [0.29, 0.717) is 6.04 Å². The van der Waals surface area contributed by atoms with Crippen LogP contribution < -0.4 is 5.32 Å². The summed E-state index contributed by atoms with van der Waals surface area (Å²) in [6.07, 6.45) is 1.16. The Morgan fingerprint density at radius 3 is 2.94 bits per heavy atom. The number of pyridine rings is 1. The molecule has 1 N–H and O–H groups in total. The van der Waals surface area contributed by atoms with Gasteiger partial charge in [0.2, 0.25) is 0 Å². The lowest BCUT2D eigenvalue weighted by atomic mass is 9.93. The number of hydrogen-bond acceptors (Lipinski definition) is 3. The minimum Gasteiger partial charge on any atom is -0.309 e. The van der Waals surface area contributed by atoms with Crippen LogP contribution in [0.25, 0.3) is 0 Å². The van der Waals surface area contributed by atoms with Crippen LogP contribution in [0.2, 0.25) is 0 Å². The highest BCUT2D eigenvalue weighted by atomic mass is 15.2. The smallest absolute Gasteiger partial charge is 0.0547 e. The number of hydrogen-bond donors (Lipinski definition) is 1. The Balaban J connectivity index is 2.07. The summed E-state index contributed by atoms with van der Waals surface area (Å²) in [7, 11) is 0. The highest BCUT2D eigenvalue weighted by molar-refractivity contribution is 5.10. The quantitative estimate of drug-likeness (QED) is 0.888.